The van der Waals surface area contributed by atoms with E-state index in [-0.39, 0.29) is 12.1 Å². The molecule has 3 nitrogen and oxygen atoms in total. The van der Waals surface area contributed by atoms with E-state index < -0.39 is 0 Å². The average molecular weight is 357 g/mol. The molecule has 2 N–H and O–H groups in total. The number of nitrogens with zero attached hydrogens (tertiary/aromatic N) is 1. The van der Waals surface area contributed by atoms with Gasteiger partial charge in [0, 0.05) is 36.3 Å². The van der Waals surface area contributed by atoms with Gasteiger partial charge in [0.25, 0.3) is 0 Å². The Labute approximate surface area is 138 Å². The zero-order chi connectivity index (χ0) is 15.8. The monoisotopic (exact) mass is 356 g/mol. The maximum atomic E-state index is 6.33. The van der Waals surface area contributed by atoms with Crippen molar-refractivity contribution in [3.8, 4) is 0 Å². The molecule has 120 valence electrons. The molecule has 1 aromatic carbocycles. The summed E-state index contributed by atoms with van der Waals surface area (Å²) >= 11 is 3.50. The Morgan fingerprint density at radius 3 is 2.19 bits per heavy atom. The van der Waals surface area contributed by atoms with Gasteiger partial charge in [-0.2, -0.15) is 0 Å². The molecule has 0 spiro atoms. The van der Waals surface area contributed by atoms with Crippen molar-refractivity contribution < 1.29 is 4.74 Å². The summed E-state index contributed by atoms with van der Waals surface area (Å²) in [5, 5.41) is 0. The summed E-state index contributed by atoms with van der Waals surface area (Å²) in [6.45, 7) is 8.22. The normalized spacial score (nSPS) is 14.7. The largest absolute Gasteiger partial charge is 0.383 e. The number of methoxy groups -OCH3 is 1. The Kier molecular flexibility index (Phi) is 8.49. The Bertz CT molecular complexity index is 390. The summed E-state index contributed by atoms with van der Waals surface area (Å²) in [6.07, 6.45) is 2.25. The lowest BCUT2D eigenvalue weighted by Gasteiger charge is -2.39. The van der Waals surface area contributed by atoms with Gasteiger partial charge < -0.3 is 10.5 Å². The van der Waals surface area contributed by atoms with Crippen molar-refractivity contribution in [2.45, 2.75) is 51.7 Å². The molecule has 0 amide bonds. The summed E-state index contributed by atoms with van der Waals surface area (Å²) in [6, 6.07) is 9.33. The number of nitrogens with two attached hydrogens (primary N) is 1. The minimum absolute atomic E-state index is 0.0728. The van der Waals surface area contributed by atoms with Crippen LogP contribution in [0.3, 0.4) is 0 Å². The predicted octanol–water partition coefficient (Wildman–Crippen LogP) is 3.97. The molecular weight excluding hydrogens is 328 g/mol. The summed E-state index contributed by atoms with van der Waals surface area (Å²) in [4.78, 5) is 2.51. The first-order chi connectivity index (χ1) is 10.0. The molecule has 0 aliphatic carbocycles. The molecule has 0 heterocycles. The van der Waals surface area contributed by atoms with Crippen molar-refractivity contribution in [3.63, 3.8) is 0 Å². The zero-order valence-corrected chi connectivity index (χ0v) is 15.3. The molecule has 0 radical (unpaired) electrons. The smallest absolute Gasteiger partial charge is 0.0590 e. The van der Waals surface area contributed by atoms with Gasteiger partial charge in [0.05, 0.1) is 6.61 Å². The van der Waals surface area contributed by atoms with Crippen LogP contribution in [0.2, 0.25) is 0 Å². The summed E-state index contributed by atoms with van der Waals surface area (Å²) < 4.78 is 6.40. The van der Waals surface area contributed by atoms with E-state index >= 15 is 0 Å². The Morgan fingerprint density at radius 1 is 1.19 bits per heavy atom. The Hall–Kier alpha value is -0.420. The number of rotatable bonds is 9. The van der Waals surface area contributed by atoms with Gasteiger partial charge in [-0.15, -0.1) is 0 Å². The summed E-state index contributed by atoms with van der Waals surface area (Å²) in [7, 11) is 1.76. The number of halogens is 1. The van der Waals surface area contributed by atoms with Crippen LogP contribution in [-0.2, 0) is 4.74 Å². The third-order valence-corrected chi connectivity index (χ3v) is 4.56. The van der Waals surface area contributed by atoms with Crippen LogP contribution < -0.4 is 5.73 Å². The number of hydrogen-bond acceptors (Lipinski definition) is 3. The highest BCUT2D eigenvalue weighted by Gasteiger charge is 2.28. The lowest BCUT2D eigenvalue weighted by atomic mass is 9.96. The van der Waals surface area contributed by atoms with Crippen LogP contribution in [0.1, 0.15) is 45.2 Å². The highest BCUT2D eigenvalue weighted by Crippen LogP contribution is 2.28. The second-order valence-electron chi connectivity index (χ2n) is 5.56. The van der Waals surface area contributed by atoms with Gasteiger partial charge >= 0.3 is 0 Å². The molecule has 1 rings (SSSR count). The highest BCUT2D eigenvalue weighted by atomic mass is 79.9. The molecule has 0 fully saturated rings. The molecule has 2 atom stereocenters. The molecule has 1 aromatic rings. The van der Waals surface area contributed by atoms with Crippen LogP contribution in [-0.4, -0.2) is 37.2 Å². The number of benzene rings is 1. The van der Waals surface area contributed by atoms with E-state index in [0.29, 0.717) is 6.04 Å². The van der Waals surface area contributed by atoms with E-state index in [2.05, 4.69) is 65.9 Å². The van der Waals surface area contributed by atoms with Gasteiger partial charge in [-0.1, -0.05) is 41.9 Å². The summed E-state index contributed by atoms with van der Waals surface area (Å²) in [5.41, 5.74) is 7.61. The fourth-order valence-corrected chi connectivity index (χ4v) is 3.22. The van der Waals surface area contributed by atoms with E-state index in [1.54, 1.807) is 7.11 Å². The second kappa shape index (κ2) is 9.57. The quantitative estimate of drug-likeness (QED) is 0.727. The molecule has 4 heteroatoms. The number of ether oxygens (including phenoxy) is 1. The Balaban J connectivity index is 3.08. The van der Waals surface area contributed by atoms with Crippen LogP contribution in [0.25, 0.3) is 0 Å². The van der Waals surface area contributed by atoms with Crippen molar-refractivity contribution in [1.82, 2.24) is 4.90 Å². The summed E-state index contributed by atoms with van der Waals surface area (Å²) in [5.74, 6) is 0. The molecule has 21 heavy (non-hydrogen) atoms. The SMILES string of the molecule is CCC(CC)N(CCOC)C(c1ccc(Br)cc1)C(C)N. The van der Waals surface area contributed by atoms with E-state index in [1.165, 1.54) is 5.56 Å². The van der Waals surface area contributed by atoms with Gasteiger partial charge in [-0.3, -0.25) is 4.90 Å². The van der Waals surface area contributed by atoms with Crippen LogP contribution in [0.15, 0.2) is 28.7 Å². The van der Waals surface area contributed by atoms with Gasteiger partial charge in [0.15, 0.2) is 0 Å². The van der Waals surface area contributed by atoms with Crippen molar-refractivity contribution in [2.24, 2.45) is 5.73 Å². The first kappa shape index (κ1) is 18.6. The van der Waals surface area contributed by atoms with Gasteiger partial charge in [0.1, 0.15) is 0 Å². The molecule has 2 unspecified atom stereocenters. The highest BCUT2D eigenvalue weighted by molar-refractivity contribution is 9.10. The maximum Gasteiger partial charge on any atom is 0.0590 e. The Morgan fingerprint density at radius 2 is 1.76 bits per heavy atom. The van der Waals surface area contributed by atoms with Crippen molar-refractivity contribution in [3.05, 3.63) is 34.3 Å². The third kappa shape index (κ3) is 5.37. The predicted molar refractivity (Wildman–Crippen MR) is 93.5 cm³/mol. The van der Waals surface area contributed by atoms with Gasteiger partial charge in [-0.25, -0.2) is 0 Å². The fourth-order valence-electron chi connectivity index (χ4n) is 2.96. The minimum Gasteiger partial charge on any atom is -0.383 e. The lowest BCUT2D eigenvalue weighted by Crippen LogP contribution is -2.46. The topological polar surface area (TPSA) is 38.5 Å². The number of hydrogen-bond donors (Lipinski definition) is 1. The zero-order valence-electron chi connectivity index (χ0n) is 13.7. The minimum atomic E-state index is 0.0728. The second-order valence-corrected chi connectivity index (χ2v) is 6.47. The van der Waals surface area contributed by atoms with E-state index in [4.69, 9.17) is 10.5 Å². The van der Waals surface area contributed by atoms with Crippen LogP contribution >= 0.6 is 15.9 Å². The molecule has 0 bridgehead atoms. The van der Waals surface area contributed by atoms with Crippen molar-refractivity contribution in [1.29, 1.82) is 0 Å². The van der Waals surface area contributed by atoms with Crippen LogP contribution in [0.5, 0.6) is 0 Å². The molecule has 0 aromatic heterocycles. The van der Waals surface area contributed by atoms with Gasteiger partial charge in [-0.05, 0) is 37.5 Å². The molecular formula is C17H29BrN2O. The van der Waals surface area contributed by atoms with Crippen LogP contribution in [0.4, 0.5) is 0 Å². The maximum absolute atomic E-state index is 6.33. The van der Waals surface area contributed by atoms with E-state index in [0.717, 1.165) is 30.5 Å². The standard InChI is InChI=1S/C17H29BrN2O/c1-5-16(6-2)20(11-12-21-4)17(13(3)19)14-7-9-15(18)10-8-14/h7-10,13,16-17H,5-6,11-12,19H2,1-4H3. The lowest BCUT2D eigenvalue weighted by molar-refractivity contribution is 0.0702. The fraction of sp³-hybridized carbons (Fsp3) is 0.647. The van der Waals surface area contributed by atoms with Crippen molar-refractivity contribution in [2.75, 3.05) is 20.3 Å². The van der Waals surface area contributed by atoms with E-state index in [9.17, 15) is 0 Å². The van der Waals surface area contributed by atoms with Crippen molar-refractivity contribution >= 4 is 15.9 Å². The average Bonchev–Trinajstić information content (AvgIpc) is 2.47. The molecule has 0 aliphatic rings. The van der Waals surface area contributed by atoms with Gasteiger partial charge in [0.2, 0.25) is 0 Å². The third-order valence-electron chi connectivity index (χ3n) is 4.03. The first-order valence-electron chi connectivity index (χ1n) is 7.80. The molecule has 0 saturated carbocycles. The molecule has 0 saturated heterocycles. The molecule has 0 aliphatic heterocycles. The van der Waals surface area contributed by atoms with E-state index in [1.807, 2.05) is 0 Å². The van der Waals surface area contributed by atoms with Crippen LogP contribution in [0, 0.1) is 0 Å². The first-order valence-corrected chi connectivity index (χ1v) is 8.60.